The number of hydrogen-bond acceptors (Lipinski definition) is 10. The molecule has 0 bridgehead atoms. The number of carbonyl (C=O) groups is 4. The molecule has 0 unspecified atom stereocenters. The first-order valence-electron chi connectivity index (χ1n) is 13.6. The van der Waals surface area contributed by atoms with Gasteiger partial charge < -0.3 is 9.11 Å². The normalized spacial score (nSPS) is 15.6. The molecule has 5 aromatic rings. The third-order valence-electron chi connectivity index (χ3n) is 8.36. The van der Waals surface area contributed by atoms with Gasteiger partial charge >= 0.3 is 0 Å². The molecular formula is C30H20N2O10S2-2. The van der Waals surface area contributed by atoms with Crippen molar-refractivity contribution in [1.82, 2.24) is 9.80 Å². The maximum absolute atomic E-state index is 13.5. The molecule has 44 heavy (non-hydrogen) atoms. The quantitative estimate of drug-likeness (QED) is 0.106. The summed E-state index contributed by atoms with van der Waals surface area (Å²) in [7, 11) is -9.03. The summed E-state index contributed by atoms with van der Waals surface area (Å²) in [6.07, 6.45) is -0.380. The molecule has 0 spiro atoms. The largest absolute Gasteiger partial charge is 0.748 e. The molecule has 2 aliphatic heterocycles. The first-order chi connectivity index (χ1) is 20.8. The number of imide groups is 2. The minimum Gasteiger partial charge on any atom is -0.748 e. The zero-order chi connectivity index (χ0) is 31.3. The van der Waals surface area contributed by atoms with Gasteiger partial charge in [0.05, 0.1) is 20.2 Å². The van der Waals surface area contributed by atoms with Crippen LogP contribution in [0.25, 0.3) is 43.1 Å². The van der Waals surface area contributed by atoms with Crippen molar-refractivity contribution in [1.29, 1.82) is 0 Å². The topological polar surface area (TPSA) is 189 Å². The molecule has 0 fully saturated rings. The van der Waals surface area contributed by atoms with Gasteiger partial charge in [-0.2, -0.15) is 0 Å². The third-order valence-corrected chi connectivity index (χ3v) is 9.93. The van der Waals surface area contributed by atoms with E-state index >= 15 is 0 Å². The molecule has 0 radical (unpaired) electrons. The Labute approximate surface area is 249 Å². The van der Waals surface area contributed by atoms with Crippen LogP contribution in [-0.2, 0) is 20.2 Å². The molecule has 5 aromatic carbocycles. The Morgan fingerprint density at radius 1 is 0.455 bits per heavy atom. The molecule has 2 aliphatic rings. The van der Waals surface area contributed by atoms with E-state index in [0.29, 0.717) is 43.1 Å². The van der Waals surface area contributed by atoms with Gasteiger partial charge in [-0.1, -0.05) is 24.3 Å². The molecule has 0 saturated heterocycles. The molecule has 14 heteroatoms. The molecule has 224 valence electrons. The molecular weight excluding hydrogens is 612 g/mol. The molecule has 0 saturated carbocycles. The van der Waals surface area contributed by atoms with Crippen LogP contribution in [0.15, 0.2) is 48.5 Å². The van der Waals surface area contributed by atoms with Gasteiger partial charge in [0.1, 0.15) is 0 Å². The number of amides is 4. The van der Waals surface area contributed by atoms with Gasteiger partial charge in [-0.25, -0.2) is 16.8 Å². The SMILES string of the molecule is O=C1c2ccc3c4ccc5c6c(ccc(c7ccc(c2c37)C(=O)N1CCCS(=O)(=O)[O-])c64)C(=O)N(CCCS(=O)(=O)[O-])C5=O. The van der Waals surface area contributed by atoms with Crippen molar-refractivity contribution in [3.05, 3.63) is 70.8 Å². The molecule has 0 aromatic heterocycles. The van der Waals surface area contributed by atoms with Crippen molar-refractivity contribution < 1.29 is 45.1 Å². The number of rotatable bonds is 8. The van der Waals surface area contributed by atoms with E-state index in [1.54, 1.807) is 48.5 Å². The summed E-state index contributed by atoms with van der Waals surface area (Å²) in [6.45, 7) is -0.466. The van der Waals surface area contributed by atoms with E-state index in [2.05, 4.69) is 0 Å². The Kier molecular flexibility index (Phi) is 6.10. The molecule has 12 nitrogen and oxygen atoms in total. The highest BCUT2D eigenvalue weighted by Gasteiger charge is 2.36. The Bertz CT molecular complexity index is 2100. The number of carbonyl (C=O) groups excluding carboxylic acids is 4. The van der Waals surface area contributed by atoms with E-state index in [1.807, 2.05) is 0 Å². The third kappa shape index (κ3) is 4.17. The van der Waals surface area contributed by atoms with E-state index in [0.717, 1.165) is 9.80 Å². The Morgan fingerprint density at radius 2 is 0.727 bits per heavy atom. The molecule has 4 amide bonds. The summed E-state index contributed by atoms with van der Waals surface area (Å²) >= 11 is 0. The van der Waals surface area contributed by atoms with Crippen LogP contribution in [0.5, 0.6) is 0 Å². The maximum atomic E-state index is 13.5. The highest BCUT2D eigenvalue weighted by Crippen LogP contribution is 2.46. The van der Waals surface area contributed by atoms with Crippen molar-refractivity contribution in [2.24, 2.45) is 0 Å². The lowest BCUT2D eigenvalue weighted by atomic mass is 9.82. The minimum absolute atomic E-state index is 0.190. The van der Waals surface area contributed by atoms with Gasteiger partial charge in [-0.15, -0.1) is 0 Å². The summed E-state index contributed by atoms with van der Waals surface area (Å²) in [5.74, 6) is -3.84. The van der Waals surface area contributed by atoms with E-state index < -0.39 is 55.4 Å². The first kappa shape index (κ1) is 28.3. The first-order valence-corrected chi connectivity index (χ1v) is 16.7. The van der Waals surface area contributed by atoms with Gasteiger partial charge in [-0.3, -0.25) is 29.0 Å². The van der Waals surface area contributed by atoms with Crippen molar-refractivity contribution in [3.63, 3.8) is 0 Å². The number of nitrogens with zero attached hydrogens (tertiary/aromatic N) is 2. The summed E-state index contributed by atoms with van der Waals surface area (Å²) in [6, 6.07) is 13.3. The lowest BCUT2D eigenvalue weighted by Gasteiger charge is -2.30. The lowest BCUT2D eigenvalue weighted by molar-refractivity contribution is 0.0595. The van der Waals surface area contributed by atoms with Crippen molar-refractivity contribution in [3.8, 4) is 0 Å². The van der Waals surface area contributed by atoms with Crippen LogP contribution in [0.2, 0.25) is 0 Å². The summed E-state index contributed by atoms with van der Waals surface area (Å²) in [5, 5.41) is 4.91. The average Bonchev–Trinajstić information content (AvgIpc) is 2.96. The second-order valence-corrected chi connectivity index (χ2v) is 13.9. The number of fused-ring (bicyclic) bond motifs is 2. The van der Waals surface area contributed by atoms with E-state index in [9.17, 15) is 45.1 Å². The fourth-order valence-corrected chi connectivity index (χ4v) is 7.54. The lowest BCUT2D eigenvalue weighted by Crippen LogP contribution is -2.41. The summed E-state index contributed by atoms with van der Waals surface area (Å²) in [5.41, 5.74) is 1.00. The highest BCUT2D eigenvalue weighted by atomic mass is 32.2. The second kappa shape index (κ2) is 9.50. The average molecular weight is 633 g/mol. The zero-order valence-corrected chi connectivity index (χ0v) is 24.3. The van der Waals surface area contributed by atoms with Crippen molar-refractivity contribution >= 4 is 87.0 Å². The van der Waals surface area contributed by atoms with Crippen molar-refractivity contribution in [2.45, 2.75) is 12.8 Å². The van der Waals surface area contributed by atoms with Gasteiger partial charge in [0.2, 0.25) is 0 Å². The fraction of sp³-hybridized carbons (Fsp3) is 0.200. The van der Waals surface area contributed by atoms with Crippen LogP contribution in [0, 0.1) is 0 Å². The van der Waals surface area contributed by atoms with Gasteiger partial charge in [0, 0.05) is 57.6 Å². The van der Waals surface area contributed by atoms with E-state index in [1.165, 1.54) is 0 Å². The van der Waals surface area contributed by atoms with Gasteiger partial charge in [-0.05, 0) is 69.4 Å². The zero-order valence-electron chi connectivity index (χ0n) is 22.7. The predicted octanol–water partition coefficient (Wildman–Crippen LogP) is 2.80. The highest BCUT2D eigenvalue weighted by molar-refractivity contribution is 7.85. The molecule has 0 aliphatic carbocycles. The predicted molar refractivity (Wildman–Crippen MR) is 157 cm³/mol. The van der Waals surface area contributed by atoms with Gasteiger partial charge in [0.25, 0.3) is 23.6 Å². The van der Waals surface area contributed by atoms with Crippen molar-refractivity contribution in [2.75, 3.05) is 24.6 Å². The van der Waals surface area contributed by atoms with Crippen LogP contribution in [0.1, 0.15) is 54.3 Å². The standard InChI is InChI=1S/C30H22N2O10S2/c33-27-19-7-3-15-17-5-9-21-26-22(30(36)32(29(21)35)12-2-14-44(40,41)42)10-6-18(24(17)26)16-4-8-20(25(19)23(15)16)28(34)31(27)11-1-13-43(37,38)39/h3-10H,1-2,11-14H2,(H,37,38,39)(H,40,41,42)/p-2. The van der Waals surface area contributed by atoms with E-state index in [-0.39, 0.29) is 48.2 Å². The minimum atomic E-state index is -4.52. The van der Waals surface area contributed by atoms with E-state index in [4.69, 9.17) is 0 Å². The number of benzene rings is 5. The monoisotopic (exact) mass is 632 g/mol. The smallest absolute Gasteiger partial charge is 0.261 e. The summed E-state index contributed by atoms with van der Waals surface area (Å²) < 4.78 is 66.4. The second-order valence-electron chi connectivity index (χ2n) is 10.9. The van der Waals surface area contributed by atoms with Crippen LogP contribution < -0.4 is 0 Å². The van der Waals surface area contributed by atoms with Gasteiger partial charge in [0.15, 0.2) is 0 Å². The Morgan fingerprint density at radius 3 is 0.977 bits per heavy atom. The van der Waals surface area contributed by atoms with Crippen LogP contribution >= 0.6 is 0 Å². The van der Waals surface area contributed by atoms with Crippen LogP contribution in [-0.4, -0.2) is 84.0 Å². The molecule has 0 N–H and O–H groups in total. The molecule has 2 heterocycles. The Hall–Kier alpha value is -4.50. The van der Waals surface area contributed by atoms with Crippen LogP contribution in [0.4, 0.5) is 0 Å². The molecule has 0 atom stereocenters. The summed E-state index contributed by atoms with van der Waals surface area (Å²) in [4.78, 5) is 55.7. The maximum Gasteiger partial charge on any atom is 0.261 e. The number of hydrogen-bond donors (Lipinski definition) is 0. The Balaban J connectivity index is 1.39. The van der Waals surface area contributed by atoms with Crippen LogP contribution in [0.3, 0.4) is 0 Å². The molecule has 7 rings (SSSR count). The fourth-order valence-electron chi connectivity index (χ4n) is 6.57.